The summed E-state index contributed by atoms with van der Waals surface area (Å²) in [5.41, 5.74) is 2.63. The molecule has 2 aliphatic rings. The molecule has 1 unspecified atom stereocenters. The summed E-state index contributed by atoms with van der Waals surface area (Å²) in [4.78, 5) is 0. The Balaban J connectivity index is 1.54. The zero-order valence-electron chi connectivity index (χ0n) is 13.3. The van der Waals surface area contributed by atoms with E-state index in [1.54, 1.807) is 7.11 Å². The van der Waals surface area contributed by atoms with Gasteiger partial charge < -0.3 is 14.8 Å². The van der Waals surface area contributed by atoms with Crippen LogP contribution in [0.5, 0.6) is 5.75 Å². The standard InChI is InChI=1S/C18H27NO2/c1-14-12-15(20-2)6-7-17(14)19-13-16-8-11-18(21-16)9-4-3-5-10-18/h6-7,12,16,19H,3-5,8-11,13H2,1-2H3. The van der Waals surface area contributed by atoms with Gasteiger partial charge in [0.15, 0.2) is 0 Å². The van der Waals surface area contributed by atoms with Gasteiger partial charge in [-0.1, -0.05) is 19.3 Å². The molecule has 0 bridgehead atoms. The molecular formula is C18H27NO2. The van der Waals surface area contributed by atoms with Crippen molar-refractivity contribution in [3.63, 3.8) is 0 Å². The van der Waals surface area contributed by atoms with E-state index in [9.17, 15) is 0 Å². The molecule has 2 fully saturated rings. The van der Waals surface area contributed by atoms with E-state index in [1.165, 1.54) is 56.2 Å². The van der Waals surface area contributed by atoms with Gasteiger partial charge in [-0.2, -0.15) is 0 Å². The summed E-state index contributed by atoms with van der Waals surface area (Å²) in [5.74, 6) is 0.913. The monoisotopic (exact) mass is 289 g/mol. The van der Waals surface area contributed by atoms with Gasteiger partial charge in [0, 0.05) is 12.2 Å². The predicted molar refractivity (Wildman–Crippen MR) is 86.1 cm³/mol. The summed E-state index contributed by atoms with van der Waals surface area (Å²) >= 11 is 0. The van der Waals surface area contributed by atoms with Crippen LogP contribution in [0.15, 0.2) is 18.2 Å². The van der Waals surface area contributed by atoms with Crippen LogP contribution < -0.4 is 10.1 Å². The topological polar surface area (TPSA) is 30.5 Å². The molecule has 1 atom stereocenters. The molecule has 0 amide bonds. The summed E-state index contributed by atoms with van der Waals surface area (Å²) in [5, 5.41) is 3.55. The van der Waals surface area contributed by atoms with Crippen LogP contribution in [0.4, 0.5) is 5.69 Å². The van der Waals surface area contributed by atoms with Crippen LogP contribution in [0, 0.1) is 6.92 Å². The first-order valence-electron chi connectivity index (χ1n) is 8.27. The number of aryl methyl sites for hydroxylation is 1. The zero-order chi connectivity index (χ0) is 14.7. The highest BCUT2D eigenvalue weighted by molar-refractivity contribution is 5.53. The van der Waals surface area contributed by atoms with Crippen molar-refractivity contribution in [3.05, 3.63) is 23.8 Å². The maximum atomic E-state index is 6.41. The Morgan fingerprint density at radius 1 is 1.24 bits per heavy atom. The lowest BCUT2D eigenvalue weighted by molar-refractivity contribution is -0.0588. The Hall–Kier alpha value is -1.22. The van der Waals surface area contributed by atoms with Crippen LogP contribution in [0.2, 0.25) is 0 Å². The molecule has 3 rings (SSSR count). The van der Waals surface area contributed by atoms with E-state index in [-0.39, 0.29) is 5.60 Å². The average molecular weight is 289 g/mol. The van der Waals surface area contributed by atoms with E-state index in [4.69, 9.17) is 9.47 Å². The van der Waals surface area contributed by atoms with E-state index in [0.29, 0.717) is 6.10 Å². The molecule has 1 aliphatic heterocycles. The minimum atomic E-state index is 0.222. The average Bonchev–Trinajstić information content (AvgIpc) is 2.89. The van der Waals surface area contributed by atoms with E-state index < -0.39 is 0 Å². The van der Waals surface area contributed by atoms with Crippen molar-refractivity contribution in [2.24, 2.45) is 0 Å². The van der Waals surface area contributed by atoms with Crippen molar-refractivity contribution < 1.29 is 9.47 Å². The van der Waals surface area contributed by atoms with Crippen molar-refractivity contribution in [2.45, 2.75) is 63.6 Å². The number of anilines is 1. The lowest BCUT2D eigenvalue weighted by Gasteiger charge is -2.33. The summed E-state index contributed by atoms with van der Waals surface area (Å²) in [6.45, 7) is 3.03. The van der Waals surface area contributed by atoms with Crippen molar-refractivity contribution in [2.75, 3.05) is 19.0 Å². The van der Waals surface area contributed by atoms with Crippen LogP contribution in [-0.4, -0.2) is 25.4 Å². The number of nitrogens with one attached hydrogen (secondary N) is 1. The van der Waals surface area contributed by atoms with Gasteiger partial charge in [0.05, 0.1) is 18.8 Å². The van der Waals surface area contributed by atoms with Gasteiger partial charge in [-0.25, -0.2) is 0 Å². The lowest BCUT2D eigenvalue weighted by Crippen LogP contribution is -2.33. The van der Waals surface area contributed by atoms with Crippen molar-refractivity contribution in [1.29, 1.82) is 0 Å². The van der Waals surface area contributed by atoms with E-state index in [1.807, 2.05) is 6.07 Å². The summed E-state index contributed by atoms with van der Waals surface area (Å²) in [6, 6.07) is 6.17. The molecule has 1 heterocycles. The normalized spacial score (nSPS) is 24.2. The second-order valence-corrected chi connectivity index (χ2v) is 6.58. The van der Waals surface area contributed by atoms with E-state index >= 15 is 0 Å². The van der Waals surface area contributed by atoms with Gasteiger partial charge in [-0.05, 0) is 56.4 Å². The molecule has 1 aromatic rings. The van der Waals surface area contributed by atoms with Crippen molar-refractivity contribution in [3.8, 4) is 5.75 Å². The fourth-order valence-corrected chi connectivity index (χ4v) is 3.79. The predicted octanol–water partition coefficient (Wildman–Crippen LogP) is 4.30. The van der Waals surface area contributed by atoms with Crippen LogP contribution in [0.3, 0.4) is 0 Å². The molecule has 1 aliphatic carbocycles. The van der Waals surface area contributed by atoms with Gasteiger partial charge >= 0.3 is 0 Å². The number of methoxy groups -OCH3 is 1. The van der Waals surface area contributed by atoms with Gasteiger partial charge in [0.25, 0.3) is 0 Å². The fraction of sp³-hybridized carbons (Fsp3) is 0.667. The molecule has 0 radical (unpaired) electrons. The number of rotatable bonds is 4. The number of hydrogen-bond acceptors (Lipinski definition) is 3. The summed E-state index contributed by atoms with van der Waals surface area (Å²) < 4.78 is 11.7. The highest BCUT2D eigenvalue weighted by Gasteiger charge is 2.40. The van der Waals surface area contributed by atoms with Crippen LogP contribution in [-0.2, 0) is 4.74 Å². The molecule has 1 N–H and O–H groups in total. The Kier molecular flexibility index (Phi) is 4.39. The van der Waals surface area contributed by atoms with Crippen molar-refractivity contribution >= 4 is 5.69 Å². The molecule has 21 heavy (non-hydrogen) atoms. The highest BCUT2D eigenvalue weighted by Crippen LogP contribution is 2.41. The third-order valence-corrected chi connectivity index (χ3v) is 5.06. The number of benzene rings is 1. The minimum absolute atomic E-state index is 0.222. The van der Waals surface area contributed by atoms with Gasteiger partial charge in [0.1, 0.15) is 5.75 Å². The lowest BCUT2D eigenvalue weighted by atomic mass is 9.83. The fourth-order valence-electron chi connectivity index (χ4n) is 3.79. The maximum Gasteiger partial charge on any atom is 0.119 e. The second-order valence-electron chi connectivity index (χ2n) is 6.58. The summed E-state index contributed by atoms with van der Waals surface area (Å²) in [6.07, 6.45) is 9.43. The third kappa shape index (κ3) is 3.34. The van der Waals surface area contributed by atoms with Crippen LogP contribution in [0.1, 0.15) is 50.5 Å². The molecule has 1 saturated carbocycles. The smallest absolute Gasteiger partial charge is 0.119 e. The van der Waals surface area contributed by atoms with Gasteiger partial charge in [0.2, 0.25) is 0 Å². The SMILES string of the molecule is COc1ccc(NCC2CCC3(CCCCC3)O2)c(C)c1. The van der Waals surface area contributed by atoms with Gasteiger partial charge in [-0.15, -0.1) is 0 Å². The minimum Gasteiger partial charge on any atom is -0.497 e. The Labute approximate surface area is 128 Å². The molecule has 0 aromatic heterocycles. The van der Waals surface area contributed by atoms with Crippen molar-refractivity contribution in [1.82, 2.24) is 0 Å². The molecule has 3 heteroatoms. The number of hydrogen-bond donors (Lipinski definition) is 1. The van der Waals surface area contributed by atoms with Crippen LogP contribution in [0.25, 0.3) is 0 Å². The van der Waals surface area contributed by atoms with E-state index in [0.717, 1.165) is 12.3 Å². The quantitative estimate of drug-likeness (QED) is 0.896. The Morgan fingerprint density at radius 2 is 2.05 bits per heavy atom. The first-order chi connectivity index (χ1) is 10.2. The largest absolute Gasteiger partial charge is 0.497 e. The number of ether oxygens (including phenoxy) is 2. The second kappa shape index (κ2) is 6.27. The molecule has 1 aromatic carbocycles. The third-order valence-electron chi connectivity index (χ3n) is 5.06. The first kappa shape index (κ1) is 14.7. The molecule has 3 nitrogen and oxygen atoms in total. The molecule has 1 saturated heterocycles. The first-order valence-corrected chi connectivity index (χ1v) is 8.27. The molecule has 1 spiro atoms. The summed E-state index contributed by atoms with van der Waals surface area (Å²) in [7, 11) is 1.71. The maximum absolute atomic E-state index is 6.41. The van der Waals surface area contributed by atoms with Gasteiger partial charge in [-0.3, -0.25) is 0 Å². The Morgan fingerprint density at radius 3 is 2.76 bits per heavy atom. The molecular weight excluding hydrogens is 262 g/mol. The highest BCUT2D eigenvalue weighted by atomic mass is 16.5. The molecule has 116 valence electrons. The zero-order valence-corrected chi connectivity index (χ0v) is 13.3. The Bertz CT molecular complexity index is 480. The van der Waals surface area contributed by atoms with E-state index in [2.05, 4.69) is 24.4 Å². The van der Waals surface area contributed by atoms with Crippen LogP contribution >= 0.6 is 0 Å².